The van der Waals surface area contributed by atoms with E-state index in [1.807, 2.05) is 45.2 Å². The van der Waals surface area contributed by atoms with Gasteiger partial charge in [-0.15, -0.1) is 0 Å². The summed E-state index contributed by atoms with van der Waals surface area (Å²) in [5, 5.41) is 18.8. The minimum atomic E-state index is -1.18. The summed E-state index contributed by atoms with van der Waals surface area (Å²) in [6.07, 6.45) is 0. The number of carboxylic acid groups (broad SMARTS) is 1. The molecule has 7 heteroatoms. The van der Waals surface area contributed by atoms with Gasteiger partial charge in [0.2, 0.25) is 0 Å². The second-order valence-corrected chi connectivity index (χ2v) is 6.66. The first-order valence-electron chi connectivity index (χ1n) is 6.06. The summed E-state index contributed by atoms with van der Waals surface area (Å²) in [6, 6.07) is 9.30. The molecule has 5 nitrogen and oxygen atoms in total. The number of aromatic carboxylic acids is 1. The van der Waals surface area contributed by atoms with Gasteiger partial charge in [-0.2, -0.15) is 0 Å². The lowest BCUT2D eigenvalue weighted by molar-refractivity contribution is 0.0463. The zero-order chi connectivity index (χ0) is 16.3. The van der Waals surface area contributed by atoms with Crippen LogP contribution in [-0.4, -0.2) is 22.2 Å². The van der Waals surface area contributed by atoms with Crippen LogP contribution in [0.5, 0.6) is 5.75 Å². The van der Waals surface area contributed by atoms with Gasteiger partial charge in [0.1, 0.15) is 12.4 Å². The van der Waals surface area contributed by atoms with Crippen LogP contribution in [0, 0.1) is 7.14 Å². The van der Waals surface area contributed by atoms with Crippen molar-refractivity contribution in [2.75, 3.05) is 0 Å². The van der Waals surface area contributed by atoms with Gasteiger partial charge in [-0.1, -0.05) is 12.1 Å². The van der Waals surface area contributed by atoms with Crippen LogP contribution in [0.1, 0.15) is 26.3 Å². The third-order valence-electron chi connectivity index (χ3n) is 2.82. The quantitative estimate of drug-likeness (QED) is 0.472. The van der Waals surface area contributed by atoms with Crippen LogP contribution >= 0.6 is 45.2 Å². The number of esters is 1. The Morgan fingerprint density at radius 3 is 2.14 bits per heavy atom. The highest BCUT2D eigenvalue weighted by Crippen LogP contribution is 2.27. The number of halogens is 2. The maximum absolute atomic E-state index is 12.0. The van der Waals surface area contributed by atoms with Crippen LogP contribution in [0.2, 0.25) is 0 Å². The third kappa shape index (κ3) is 3.88. The van der Waals surface area contributed by atoms with Crippen molar-refractivity contribution < 1.29 is 24.5 Å². The highest BCUT2D eigenvalue weighted by Gasteiger charge is 2.17. The van der Waals surface area contributed by atoms with Crippen molar-refractivity contribution in [3.63, 3.8) is 0 Å². The van der Waals surface area contributed by atoms with Crippen molar-refractivity contribution in [1.29, 1.82) is 0 Å². The number of hydrogen-bond acceptors (Lipinski definition) is 4. The second-order valence-electron chi connectivity index (χ2n) is 4.33. The van der Waals surface area contributed by atoms with Crippen molar-refractivity contribution in [2.24, 2.45) is 0 Å². The Balaban J connectivity index is 2.16. The minimum absolute atomic E-state index is 0.000923. The number of phenols is 1. The van der Waals surface area contributed by atoms with E-state index >= 15 is 0 Å². The van der Waals surface area contributed by atoms with Crippen LogP contribution in [-0.2, 0) is 11.3 Å². The molecule has 0 amide bonds. The molecule has 0 aliphatic heterocycles. The van der Waals surface area contributed by atoms with Gasteiger partial charge in [0.05, 0.1) is 18.3 Å². The largest absolute Gasteiger partial charge is 0.506 e. The molecule has 22 heavy (non-hydrogen) atoms. The molecular formula is C15H10I2O5. The SMILES string of the molecule is O=C(O)c1ccccc1C(=O)OCc1cc(I)c(O)c(I)c1. The summed E-state index contributed by atoms with van der Waals surface area (Å²) in [7, 11) is 0. The van der Waals surface area contributed by atoms with Gasteiger partial charge in [0, 0.05) is 0 Å². The molecule has 114 valence electrons. The van der Waals surface area contributed by atoms with E-state index in [0.717, 1.165) is 0 Å². The van der Waals surface area contributed by atoms with E-state index in [1.54, 1.807) is 24.3 Å². The van der Waals surface area contributed by atoms with Crippen molar-refractivity contribution in [1.82, 2.24) is 0 Å². The number of hydrogen-bond donors (Lipinski definition) is 2. The molecule has 0 spiro atoms. The monoisotopic (exact) mass is 524 g/mol. The molecule has 2 aromatic rings. The van der Waals surface area contributed by atoms with E-state index in [0.29, 0.717) is 12.7 Å². The van der Waals surface area contributed by atoms with Crippen molar-refractivity contribution in [3.8, 4) is 5.75 Å². The Morgan fingerprint density at radius 2 is 1.59 bits per heavy atom. The summed E-state index contributed by atoms with van der Waals surface area (Å²) in [5.41, 5.74) is 0.633. The summed E-state index contributed by atoms with van der Waals surface area (Å²) in [4.78, 5) is 23.1. The fourth-order valence-corrected chi connectivity index (χ4v) is 3.67. The number of carboxylic acids is 1. The number of carbonyl (C=O) groups excluding carboxylic acids is 1. The first-order valence-corrected chi connectivity index (χ1v) is 8.22. The predicted octanol–water partition coefficient (Wildman–Crippen LogP) is 3.66. The second kappa shape index (κ2) is 7.27. The number of rotatable bonds is 4. The zero-order valence-corrected chi connectivity index (χ0v) is 15.4. The van der Waals surface area contributed by atoms with E-state index in [4.69, 9.17) is 9.84 Å². The molecule has 2 rings (SSSR count). The smallest absolute Gasteiger partial charge is 0.339 e. The van der Waals surface area contributed by atoms with Gasteiger partial charge in [-0.05, 0) is 75.0 Å². The fourth-order valence-electron chi connectivity index (χ4n) is 1.78. The van der Waals surface area contributed by atoms with Crippen LogP contribution in [0.3, 0.4) is 0 Å². The van der Waals surface area contributed by atoms with Gasteiger partial charge in [-0.3, -0.25) is 0 Å². The van der Waals surface area contributed by atoms with Crippen LogP contribution in [0.15, 0.2) is 36.4 Å². The van der Waals surface area contributed by atoms with Gasteiger partial charge in [-0.25, -0.2) is 9.59 Å². The van der Waals surface area contributed by atoms with E-state index in [-0.39, 0.29) is 23.5 Å². The van der Waals surface area contributed by atoms with Gasteiger partial charge in [0.25, 0.3) is 0 Å². The van der Waals surface area contributed by atoms with Crippen LogP contribution in [0.4, 0.5) is 0 Å². The van der Waals surface area contributed by atoms with Gasteiger partial charge in [0.15, 0.2) is 0 Å². The summed E-state index contributed by atoms with van der Waals surface area (Å²) in [6.45, 7) is -0.000923. The van der Waals surface area contributed by atoms with Gasteiger partial charge < -0.3 is 14.9 Å². The Kier molecular flexibility index (Phi) is 5.62. The van der Waals surface area contributed by atoms with E-state index in [2.05, 4.69) is 0 Å². The molecule has 0 aromatic heterocycles. The highest BCUT2D eigenvalue weighted by atomic mass is 127. The van der Waals surface area contributed by atoms with Crippen molar-refractivity contribution >= 4 is 57.1 Å². The molecule has 2 N–H and O–H groups in total. The average Bonchev–Trinajstić information content (AvgIpc) is 2.50. The standard InChI is InChI=1S/C15H10I2O5/c16-11-5-8(6-12(17)13(11)18)7-22-15(21)10-4-2-1-3-9(10)14(19)20/h1-6,18H,7H2,(H,19,20). The van der Waals surface area contributed by atoms with E-state index in [1.165, 1.54) is 12.1 Å². The number of phenolic OH excluding ortho intramolecular Hbond substituents is 1. The molecule has 2 aromatic carbocycles. The highest BCUT2D eigenvalue weighted by molar-refractivity contribution is 14.1. The average molecular weight is 524 g/mol. The summed E-state index contributed by atoms with van der Waals surface area (Å²) in [5.74, 6) is -1.69. The van der Waals surface area contributed by atoms with Crippen molar-refractivity contribution in [3.05, 3.63) is 60.2 Å². The Hall–Kier alpha value is -1.36. The number of aromatic hydroxyl groups is 1. The molecule has 0 atom stereocenters. The molecule has 0 unspecified atom stereocenters. The molecule has 0 aliphatic rings. The predicted molar refractivity (Wildman–Crippen MR) is 96.1 cm³/mol. The summed E-state index contributed by atoms with van der Waals surface area (Å²) >= 11 is 3.97. The Morgan fingerprint density at radius 1 is 1.05 bits per heavy atom. The maximum atomic E-state index is 12.0. The Bertz CT molecular complexity index is 719. The lowest BCUT2D eigenvalue weighted by atomic mass is 10.1. The van der Waals surface area contributed by atoms with E-state index < -0.39 is 11.9 Å². The van der Waals surface area contributed by atoms with E-state index in [9.17, 15) is 14.7 Å². The number of carbonyl (C=O) groups is 2. The number of benzene rings is 2. The third-order valence-corrected chi connectivity index (χ3v) is 4.47. The molecule has 0 saturated carbocycles. The topological polar surface area (TPSA) is 83.8 Å². The van der Waals surface area contributed by atoms with Gasteiger partial charge >= 0.3 is 11.9 Å². The molecule has 0 fully saturated rings. The summed E-state index contributed by atoms with van der Waals surface area (Å²) < 4.78 is 6.47. The fraction of sp³-hybridized carbons (Fsp3) is 0.0667. The number of ether oxygens (including phenoxy) is 1. The molecule has 0 heterocycles. The lowest BCUT2D eigenvalue weighted by Gasteiger charge is -2.09. The zero-order valence-electron chi connectivity index (χ0n) is 11.0. The first-order chi connectivity index (χ1) is 10.4. The van der Waals surface area contributed by atoms with Crippen molar-refractivity contribution in [2.45, 2.75) is 6.61 Å². The van der Waals surface area contributed by atoms with Crippen LogP contribution < -0.4 is 0 Å². The molecule has 0 saturated heterocycles. The minimum Gasteiger partial charge on any atom is -0.506 e. The Labute approximate surface area is 153 Å². The molecular weight excluding hydrogens is 514 g/mol. The maximum Gasteiger partial charge on any atom is 0.339 e. The first kappa shape index (κ1) is 17.0. The molecule has 0 radical (unpaired) electrons. The normalized spacial score (nSPS) is 10.3. The van der Waals surface area contributed by atoms with Crippen LogP contribution in [0.25, 0.3) is 0 Å². The molecule has 0 bridgehead atoms. The lowest BCUT2D eigenvalue weighted by Crippen LogP contribution is -2.11. The molecule has 0 aliphatic carbocycles.